The average Bonchev–Trinajstić information content (AvgIpc) is 2.81. The predicted molar refractivity (Wildman–Crippen MR) is 145 cm³/mol. The second kappa shape index (κ2) is 27.6. The van der Waals surface area contributed by atoms with E-state index in [-0.39, 0.29) is 12.1 Å². The Balaban J connectivity index is 3.89. The molecular formula is C29H60N2O2. The summed E-state index contributed by atoms with van der Waals surface area (Å²) in [5, 5.41) is 6.67. The van der Waals surface area contributed by atoms with Gasteiger partial charge in [0, 0.05) is 6.42 Å². The van der Waals surface area contributed by atoms with E-state index in [1.54, 1.807) is 0 Å². The molecule has 0 saturated carbocycles. The quantitative estimate of drug-likeness (QED) is 0.0948. The summed E-state index contributed by atoms with van der Waals surface area (Å²) in [5.41, 5.74) is 0. The number of esters is 1. The number of carbonyl (C=O) groups excluding carboxylic acids is 1. The van der Waals surface area contributed by atoms with Crippen molar-refractivity contribution < 1.29 is 9.53 Å². The zero-order chi connectivity index (χ0) is 24.2. The highest BCUT2D eigenvalue weighted by Gasteiger charge is 2.14. The van der Waals surface area contributed by atoms with Crippen molar-refractivity contribution in [1.82, 2.24) is 10.6 Å². The Hall–Kier alpha value is -0.610. The summed E-state index contributed by atoms with van der Waals surface area (Å²) in [6, 6.07) is 0. The Morgan fingerprint density at radius 3 is 1.67 bits per heavy atom. The van der Waals surface area contributed by atoms with Gasteiger partial charge in [0.25, 0.3) is 0 Å². The Bertz CT molecular complexity index is 374. The molecule has 0 amide bonds. The molecule has 0 heterocycles. The van der Waals surface area contributed by atoms with Crippen LogP contribution in [0.5, 0.6) is 0 Å². The van der Waals surface area contributed by atoms with E-state index in [0.29, 0.717) is 6.42 Å². The fourth-order valence-electron chi connectivity index (χ4n) is 4.38. The van der Waals surface area contributed by atoms with E-state index in [1.165, 1.54) is 103 Å². The molecule has 33 heavy (non-hydrogen) atoms. The highest BCUT2D eigenvalue weighted by molar-refractivity contribution is 5.69. The molecule has 0 aliphatic rings. The van der Waals surface area contributed by atoms with Crippen LogP contribution < -0.4 is 10.6 Å². The van der Waals surface area contributed by atoms with E-state index in [0.717, 1.165) is 45.3 Å². The van der Waals surface area contributed by atoms with E-state index in [9.17, 15) is 4.79 Å². The van der Waals surface area contributed by atoms with Gasteiger partial charge in [0.15, 0.2) is 0 Å². The number of hydrogen-bond acceptors (Lipinski definition) is 4. The number of rotatable bonds is 27. The van der Waals surface area contributed by atoms with Gasteiger partial charge in [-0.2, -0.15) is 0 Å². The SMILES string of the molecule is CCCCCCCCC(CCCCCCCC)OC(=O)CCCCCCCNCCCNC. The van der Waals surface area contributed by atoms with Crippen LogP contribution >= 0.6 is 0 Å². The van der Waals surface area contributed by atoms with Crippen molar-refractivity contribution in [1.29, 1.82) is 0 Å². The first-order valence-corrected chi connectivity index (χ1v) is 14.8. The van der Waals surface area contributed by atoms with E-state index in [1.807, 2.05) is 7.05 Å². The van der Waals surface area contributed by atoms with Crippen molar-refractivity contribution in [2.45, 2.75) is 155 Å². The summed E-state index contributed by atoms with van der Waals surface area (Å²) in [5.74, 6) is 0.0446. The molecule has 0 atom stereocenters. The summed E-state index contributed by atoms with van der Waals surface area (Å²) < 4.78 is 5.94. The standard InChI is InChI=1S/C29H60N2O2/c1-4-6-8-10-13-17-22-28(23-18-14-11-9-7-5-2)33-29(32)24-19-15-12-16-20-26-31-27-21-25-30-3/h28,30-31H,4-27H2,1-3H3. The Labute approximate surface area is 207 Å². The fraction of sp³-hybridized carbons (Fsp3) is 0.966. The number of unbranched alkanes of at least 4 members (excludes halogenated alkanes) is 14. The highest BCUT2D eigenvalue weighted by Crippen LogP contribution is 2.18. The third-order valence-corrected chi connectivity index (χ3v) is 6.57. The number of hydrogen-bond donors (Lipinski definition) is 2. The van der Waals surface area contributed by atoms with Crippen LogP contribution in [-0.2, 0) is 9.53 Å². The molecule has 198 valence electrons. The van der Waals surface area contributed by atoms with Crippen LogP contribution in [0, 0.1) is 0 Å². The van der Waals surface area contributed by atoms with Gasteiger partial charge in [-0.05, 0) is 71.6 Å². The van der Waals surface area contributed by atoms with E-state index in [4.69, 9.17) is 4.74 Å². The van der Waals surface area contributed by atoms with Gasteiger partial charge in [-0.15, -0.1) is 0 Å². The number of nitrogens with one attached hydrogen (secondary N) is 2. The van der Waals surface area contributed by atoms with Gasteiger partial charge in [0.05, 0.1) is 0 Å². The maximum atomic E-state index is 12.4. The van der Waals surface area contributed by atoms with Crippen LogP contribution in [0.25, 0.3) is 0 Å². The zero-order valence-electron chi connectivity index (χ0n) is 22.9. The minimum absolute atomic E-state index is 0.0446. The van der Waals surface area contributed by atoms with Crippen molar-refractivity contribution >= 4 is 5.97 Å². The molecule has 0 aromatic rings. The lowest BCUT2D eigenvalue weighted by atomic mass is 10.0. The molecule has 0 aliphatic heterocycles. The Morgan fingerprint density at radius 2 is 1.09 bits per heavy atom. The first-order valence-electron chi connectivity index (χ1n) is 14.8. The molecule has 2 N–H and O–H groups in total. The first-order chi connectivity index (χ1) is 16.2. The highest BCUT2D eigenvalue weighted by atomic mass is 16.5. The topological polar surface area (TPSA) is 50.4 Å². The molecule has 4 heteroatoms. The molecule has 0 bridgehead atoms. The van der Waals surface area contributed by atoms with Crippen molar-refractivity contribution in [3.63, 3.8) is 0 Å². The fourth-order valence-corrected chi connectivity index (χ4v) is 4.38. The molecule has 0 fully saturated rings. The molecule has 0 aromatic heterocycles. The zero-order valence-corrected chi connectivity index (χ0v) is 22.9. The van der Waals surface area contributed by atoms with Gasteiger partial charge in [-0.1, -0.05) is 97.3 Å². The molecule has 0 spiro atoms. The summed E-state index contributed by atoms with van der Waals surface area (Å²) in [4.78, 5) is 12.4. The van der Waals surface area contributed by atoms with Crippen molar-refractivity contribution in [3.05, 3.63) is 0 Å². The van der Waals surface area contributed by atoms with Crippen molar-refractivity contribution in [2.75, 3.05) is 26.7 Å². The van der Waals surface area contributed by atoms with Crippen LogP contribution in [0.3, 0.4) is 0 Å². The largest absolute Gasteiger partial charge is 0.462 e. The van der Waals surface area contributed by atoms with Crippen molar-refractivity contribution in [3.8, 4) is 0 Å². The van der Waals surface area contributed by atoms with Gasteiger partial charge >= 0.3 is 5.97 Å². The molecule has 0 aromatic carbocycles. The second-order valence-corrected chi connectivity index (χ2v) is 9.95. The summed E-state index contributed by atoms with van der Waals surface area (Å²) in [7, 11) is 2.00. The van der Waals surface area contributed by atoms with Crippen LogP contribution in [0.4, 0.5) is 0 Å². The second-order valence-electron chi connectivity index (χ2n) is 9.95. The molecule has 0 aliphatic carbocycles. The third-order valence-electron chi connectivity index (χ3n) is 6.57. The van der Waals surface area contributed by atoms with Crippen molar-refractivity contribution in [2.24, 2.45) is 0 Å². The predicted octanol–water partition coefficient (Wildman–Crippen LogP) is 7.94. The minimum Gasteiger partial charge on any atom is -0.462 e. The molecule has 0 saturated heterocycles. The number of carbonyl (C=O) groups is 1. The average molecular weight is 469 g/mol. The maximum absolute atomic E-state index is 12.4. The van der Waals surface area contributed by atoms with Gasteiger partial charge < -0.3 is 15.4 Å². The summed E-state index contributed by atoms with van der Waals surface area (Å²) in [6.45, 7) is 7.83. The van der Waals surface area contributed by atoms with Crippen LogP contribution in [-0.4, -0.2) is 38.8 Å². The van der Waals surface area contributed by atoms with Gasteiger partial charge in [0.1, 0.15) is 6.10 Å². The smallest absolute Gasteiger partial charge is 0.306 e. The minimum atomic E-state index is 0.0446. The molecule has 0 radical (unpaired) electrons. The number of ether oxygens (including phenoxy) is 1. The van der Waals surface area contributed by atoms with Gasteiger partial charge in [-0.3, -0.25) is 4.79 Å². The lowest BCUT2D eigenvalue weighted by Crippen LogP contribution is -2.20. The Morgan fingerprint density at radius 1 is 0.606 bits per heavy atom. The summed E-state index contributed by atoms with van der Waals surface area (Å²) in [6.07, 6.45) is 25.6. The van der Waals surface area contributed by atoms with E-state index >= 15 is 0 Å². The monoisotopic (exact) mass is 468 g/mol. The molecule has 0 rings (SSSR count). The first kappa shape index (κ1) is 32.4. The van der Waals surface area contributed by atoms with E-state index < -0.39 is 0 Å². The lowest BCUT2D eigenvalue weighted by molar-refractivity contribution is -0.150. The third kappa shape index (κ3) is 25.8. The Kier molecular flexibility index (Phi) is 27.1. The molecular weight excluding hydrogens is 408 g/mol. The lowest BCUT2D eigenvalue weighted by Gasteiger charge is -2.18. The van der Waals surface area contributed by atoms with Crippen LogP contribution in [0.1, 0.15) is 149 Å². The normalized spacial score (nSPS) is 11.4. The molecule has 4 nitrogen and oxygen atoms in total. The molecule has 0 unspecified atom stereocenters. The van der Waals surface area contributed by atoms with Gasteiger partial charge in [0.2, 0.25) is 0 Å². The maximum Gasteiger partial charge on any atom is 0.306 e. The van der Waals surface area contributed by atoms with Gasteiger partial charge in [-0.25, -0.2) is 0 Å². The summed E-state index contributed by atoms with van der Waals surface area (Å²) >= 11 is 0. The van der Waals surface area contributed by atoms with E-state index in [2.05, 4.69) is 24.5 Å². The van der Waals surface area contributed by atoms with Crippen LogP contribution in [0.15, 0.2) is 0 Å². The van der Waals surface area contributed by atoms with Crippen LogP contribution in [0.2, 0.25) is 0 Å².